The summed E-state index contributed by atoms with van der Waals surface area (Å²) in [7, 11) is 1.62. The summed E-state index contributed by atoms with van der Waals surface area (Å²) in [6.07, 6.45) is -0.00323. The van der Waals surface area contributed by atoms with E-state index in [1.165, 1.54) is 3.57 Å². The first kappa shape index (κ1) is 14.8. The minimum absolute atomic E-state index is 0.573. The lowest BCUT2D eigenvalue weighted by atomic mass is 10.0. The van der Waals surface area contributed by atoms with Gasteiger partial charge in [0.1, 0.15) is 5.75 Å². The second kappa shape index (κ2) is 6.72. The first-order chi connectivity index (χ1) is 9.10. The summed E-state index contributed by atoms with van der Waals surface area (Å²) in [6.45, 7) is 0. The SMILES string of the molecule is COc1ccc(Br)cc1C(O)Cc1ccc(I)cc1. The molecule has 2 nitrogen and oxygen atoms in total. The summed E-state index contributed by atoms with van der Waals surface area (Å²) >= 11 is 5.69. The standard InChI is InChI=1S/C15H14BrIO2/c1-19-15-7-4-11(16)9-13(15)14(18)8-10-2-5-12(17)6-3-10/h2-7,9,14,18H,8H2,1H3. The molecular weight excluding hydrogens is 419 g/mol. The average Bonchev–Trinajstić information content (AvgIpc) is 2.41. The Morgan fingerprint density at radius 1 is 1.21 bits per heavy atom. The number of aliphatic hydroxyl groups is 1. The van der Waals surface area contributed by atoms with Crippen LogP contribution in [0.5, 0.6) is 5.75 Å². The van der Waals surface area contributed by atoms with Crippen LogP contribution in [0.1, 0.15) is 17.2 Å². The van der Waals surface area contributed by atoms with Crippen molar-refractivity contribution in [1.29, 1.82) is 0 Å². The van der Waals surface area contributed by atoms with E-state index in [4.69, 9.17) is 4.74 Å². The zero-order valence-corrected chi connectivity index (χ0v) is 14.2. The molecule has 1 N–H and O–H groups in total. The third-order valence-corrected chi connectivity index (χ3v) is 4.11. The maximum Gasteiger partial charge on any atom is 0.124 e. The fourth-order valence-electron chi connectivity index (χ4n) is 1.92. The normalized spacial score (nSPS) is 12.2. The van der Waals surface area contributed by atoms with Crippen LogP contribution in [0.2, 0.25) is 0 Å². The Morgan fingerprint density at radius 3 is 2.53 bits per heavy atom. The summed E-state index contributed by atoms with van der Waals surface area (Å²) < 4.78 is 7.42. The average molecular weight is 433 g/mol. The summed E-state index contributed by atoms with van der Waals surface area (Å²) in [6, 6.07) is 13.8. The van der Waals surface area contributed by atoms with Gasteiger partial charge >= 0.3 is 0 Å². The largest absolute Gasteiger partial charge is 0.496 e. The number of aliphatic hydroxyl groups excluding tert-OH is 1. The number of hydrogen-bond acceptors (Lipinski definition) is 2. The maximum atomic E-state index is 10.4. The van der Waals surface area contributed by atoms with Crippen molar-refractivity contribution in [3.63, 3.8) is 0 Å². The van der Waals surface area contributed by atoms with Crippen LogP contribution >= 0.6 is 38.5 Å². The third kappa shape index (κ3) is 3.94. The number of ether oxygens (including phenoxy) is 1. The highest BCUT2D eigenvalue weighted by Gasteiger charge is 2.14. The van der Waals surface area contributed by atoms with E-state index >= 15 is 0 Å². The van der Waals surface area contributed by atoms with Crippen LogP contribution in [0.4, 0.5) is 0 Å². The molecule has 0 aliphatic heterocycles. The van der Waals surface area contributed by atoms with Crippen molar-refractivity contribution in [1.82, 2.24) is 0 Å². The molecule has 0 heterocycles. The van der Waals surface area contributed by atoms with Crippen LogP contribution in [0.3, 0.4) is 0 Å². The Kier molecular flexibility index (Phi) is 5.24. The van der Waals surface area contributed by atoms with Crippen molar-refractivity contribution in [2.75, 3.05) is 7.11 Å². The lowest BCUT2D eigenvalue weighted by molar-refractivity contribution is 0.174. The fraction of sp³-hybridized carbons (Fsp3) is 0.200. The Labute approximate surface area is 135 Å². The molecule has 0 fully saturated rings. The highest BCUT2D eigenvalue weighted by atomic mass is 127. The Balaban J connectivity index is 2.21. The van der Waals surface area contributed by atoms with Crippen LogP contribution in [0, 0.1) is 3.57 Å². The van der Waals surface area contributed by atoms with Gasteiger partial charge in [0.25, 0.3) is 0 Å². The highest BCUT2D eigenvalue weighted by molar-refractivity contribution is 14.1. The van der Waals surface area contributed by atoms with Gasteiger partial charge in [-0.25, -0.2) is 0 Å². The molecule has 0 radical (unpaired) electrons. The highest BCUT2D eigenvalue weighted by Crippen LogP contribution is 2.30. The van der Waals surface area contributed by atoms with Gasteiger partial charge < -0.3 is 9.84 Å². The van der Waals surface area contributed by atoms with Crippen molar-refractivity contribution in [3.05, 3.63) is 61.6 Å². The molecule has 0 bridgehead atoms. The van der Waals surface area contributed by atoms with E-state index in [1.54, 1.807) is 7.11 Å². The molecule has 4 heteroatoms. The number of methoxy groups -OCH3 is 1. The molecule has 1 atom stereocenters. The molecular formula is C15H14BrIO2. The van der Waals surface area contributed by atoms with Gasteiger partial charge in [0.15, 0.2) is 0 Å². The first-order valence-corrected chi connectivity index (χ1v) is 7.73. The van der Waals surface area contributed by atoms with E-state index < -0.39 is 6.10 Å². The van der Waals surface area contributed by atoms with Crippen LogP contribution < -0.4 is 4.74 Å². The zero-order chi connectivity index (χ0) is 13.8. The van der Waals surface area contributed by atoms with E-state index in [-0.39, 0.29) is 0 Å². The van der Waals surface area contributed by atoms with Crippen molar-refractivity contribution in [2.24, 2.45) is 0 Å². The fourth-order valence-corrected chi connectivity index (χ4v) is 2.66. The number of benzene rings is 2. The maximum absolute atomic E-state index is 10.4. The number of rotatable bonds is 4. The number of hydrogen-bond donors (Lipinski definition) is 1. The molecule has 1 unspecified atom stereocenters. The summed E-state index contributed by atoms with van der Waals surface area (Å²) in [5.41, 5.74) is 1.91. The summed E-state index contributed by atoms with van der Waals surface area (Å²) in [5.74, 6) is 0.709. The van der Waals surface area contributed by atoms with Gasteiger partial charge in [0, 0.05) is 20.0 Å². The molecule has 0 aromatic heterocycles. The molecule has 100 valence electrons. The molecule has 0 saturated carbocycles. The Morgan fingerprint density at radius 2 is 1.89 bits per heavy atom. The second-order valence-electron chi connectivity index (χ2n) is 4.23. The second-order valence-corrected chi connectivity index (χ2v) is 6.39. The molecule has 0 spiro atoms. The molecule has 19 heavy (non-hydrogen) atoms. The minimum atomic E-state index is -0.576. The van der Waals surface area contributed by atoms with Gasteiger partial charge in [-0.2, -0.15) is 0 Å². The van der Waals surface area contributed by atoms with E-state index in [9.17, 15) is 5.11 Å². The van der Waals surface area contributed by atoms with E-state index in [0.29, 0.717) is 12.2 Å². The number of halogens is 2. The molecule has 2 aromatic rings. The van der Waals surface area contributed by atoms with Crippen LogP contribution in [0.25, 0.3) is 0 Å². The lowest BCUT2D eigenvalue weighted by Gasteiger charge is -2.15. The quantitative estimate of drug-likeness (QED) is 0.728. The molecule has 2 rings (SSSR count). The van der Waals surface area contributed by atoms with E-state index in [2.05, 4.69) is 38.5 Å². The topological polar surface area (TPSA) is 29.5 Å². The zero-order valence-electron chi connectivity index (χ0n) is 10.4. The van der Waals surface area contributed by atoms with Gasteiger partial charge in [-0.05, 0) is 58.5 Å². The summed E-state index contributed by atoms with van der Waals surface area (Å²) in [5, 5.41) is 10.4. The first-order valence-electron chi connectivity index (χ1n) is 5.86. The summed E-state index contributed by atoms with van der Waals surface area (Å²) in [4.78, 5) is 0. The van der Waals surface area contributed by atoms with Crippen LogP contribution in [-0.4, -0.2) is 12.2 Å². The van der Waals surface area contributed by atoms with Gasteiger partial charge in [-0.3, -0.25) is 0 Å². The molecule has 0 saturated heterocycles. The Hall–Kier alpha value is -0.590. The molecule has 0 amide bonds. The molecule has 2 aromatic carbocycles. The smallest absolute Gasteiger partial charge is 0.124 e. The van der Waals surface area contributed by atoms with Crippen LogP contribution in [0.15, 0.2) is 46.9 Å². The van der Waals surface area contributed by atoms with Gasteiger partial charge in [0.2, 0.25) is 0 Å². The van der Waals surface area contributed by atoms with E-state index in [0.717, 1.165) is 15.6 Å². The van der Waals surface area contributed by atoms with Gasteiger partial charge in [0.05, 0.1) is 13.2 Å². The predicted molar refractivity (Wildman–Crippen MR) is 88.5 cm³/mol. The minimum Gasteiger partial charge on any atom is -0.496 e. The van der Waals surface area contributed by atoms with Gasteiger partial charge in [-0.1, -0.05) is 28.1 Å². The third-order valence-electron chi connectivity index (χ3n) is 2.89. The van der Waals surface area contributed by atoms with Gasteiger partial charge in [-0.15, -0.1) is 0 Å². The molecule has 0 aliphatic carbocycles. The Bertz CT molecular complexity index is 555. The van der Waals surface area contributed by atoms with Crippen molar-refractivity contribution >= 4 is 38.5 Å². The van der Waals surface area contributed by atoms with Crippen molar-refractivity contribution in [3.8, 4) is 5.75 Å². The van der Waals surface area contributed by atoms with Crippen molar-refractivity contribution in [2.45, 2.75) is 12.5 Å². The monoisotopic (exact) mass is 432 g/mol. The van der Waals surface area contributed by atoms with E-state index in [1.807, 2.05) is 42.5 Å². The predicted octanol–water partition coefficient (Wildman–Crippen LogP) is 4.34. The van der Waals surface area contributed by atoms with Crippen molar-refractivity contribution < 1.29 is 9.84 Å². The molecule has 0 aliphatic rings. The van der Waals surface area contributed by atoms with Crippen LogP contribution in [-0.2, 0) is 6.42 Å². The lowest BCUT2D eigenvalue weighted by Crippen LogP contribution is -2.04.